The number of nitrogens with one attached hydrogen (secondary N) is 1. The molecule has 4 unspecified atom stereocenters. The third-order valence-electron chi connectivity index (χ3n) is 7.12. The average molecular weight is 466 g/mol. The van der Waals surface area contributed by atoms with Gasteiger partial charge < -0.3 is 20.4 Å². The highest BCUT2D eigenvalue weighted by Gasteiger charge is 2.49. The van der Waals surface area contributed by atoms with Gasteiger partial charge in [-0.15, -0.1) is 0 Å². The van der Waals surface area contributed by atoms with Crippen molar-refractivity contribution < 1.29 is 19.4 Å². The third-order valence-corrected chi connectivity index (χ3v) is 7.36. The van der Waals surface area contributed by atoms with Crippen LogP contribution in [0, 0.1) is 34.9 Å². The molecule has 1 saturated heterocycles. The van der Waals surface area contributed by atoms with Gasteiger partial charge in [-0.05, 0) is 42.9 Å². The summed E-state index contributed by atoms with van der Waals surface area (Å²) in [5, 5.41) is 31.6. The summed E-state index contributed by atoms with van der Waals surface area (Å²) in [4.78, 5) is 14.9. The predicted molar refractivity (Wildman–Crippen MR) is 122 cm³/mol. The summed E-state index contributed by atoms with van der Waals surface area (Å²) < 4.78 is 15.1. The van der Waals surface area contributed by atoms with Gasteiger partial charge in [-0.25, -0.2) is 4.39 Å². The first-order chi connectivity index (χ1) is 15.4. The molecule has 2 fully saturated rings. The molecule has 0 bridgehead atoms. The van der Waals surface area contributed by atoms with Crippen LogP contribution in [0.3, 0.4) is 0 Å². The topological polar surface area (TPSA) is 96.6 Å². The Hall–Kier alpha value is -1.88. The zero-order valence-corrected chi connectivity index (χ0v) is 19.3. The smallest absolute Gasteiger partial charge is 0.242 e. The molecule has 1 heterocycles. The van der Waals surface area contributed by atoms with E-state index in [-0.39, 0.29) is 48.1 Å². The fourth-order valence-corrected chi connectivity index (χ4v) is 5.57. The molecule has 1 aliphatic heterocycles. The van der Waals surface area contributed by atoms with Crippen LogP contribution in [-0.4, -0.2) is 47.5 Å². The quantitative estimate of drug-likeness (QED) is 0.544. The van der Waals surface area contributed by atoms with Crippen LogP contribution in [-0.2, 0) is 4.79 Å². The first-order valence-electron chi connectivity index (χ1n) is 11.6. The maximum atomic E-state index is 15.1. The van der Waals surface area contributed by atoms with E-state index >= 15 is 4.39 Å². The molecule has 6 nitrogen and oxygen atoms in total. The van der Waals surface area contributed by atoms with Crippen molar-refractivity contribution in [2.24, 2.45) is 17.8 Å². The molecule has 8 heteroatoms. The Morgan fingerprint density at radius 2 is 2.09 bits per heavy atom. The molecule has 1 saturated carbocycles. The van der Waals surface area contributed by atoms with Crippen molar-refractivity contribution in [3.8, 4) is 6.07 Å². The van der Waals surface area contributed by atoms with Crippen molar-refractivity contribution in [3.63, 3.8) is 0 Å². The minimum absolute atomic E-state index is 0.129. The predicted octanol–water partition coefficient (Wildman–Crippen LogP) is 3.64. The lowest BCUT2D eigenvalue weighted by Gasteiger charge is -2.40. The number of rotatable bonds is 8. The average Bonchev–Trinajstić information content (AvgIpc) is 3.18. The molecule has 1 aromatic carbocycles. The number of nitrogens with zero attached hydrogens (tertiary/aromatic N) is 2. The fourth-order valence-electron chi connectivity index (χ4n) is 5.41. The summed E-state index contributed by atoms with van der Waals surface area (Å²) in [6.07, 6.45) is 5.33. The highest BCUT2D eigenvalue weighted by Crippen LogP contribution is 2.44. The van der Waals surface area contributed by atoms with Crippen molar-refractivity contribution >= 4 is 23.2 Å². The monoisotopic (exact) mass is 465 g/mol. The first kappa shape index (κ1) is 24.8. The Kier molecular flexibility index (Phi) is 8.75. The van der Waals surface area contributed by atoms with Gasteiger partial charge in [-0.1, -0.05) is 50.6 Å². The van der Waals surface area contributed by atoms with Crippen molar-refractivity contribution in [3.05, 3.63) is 29.0 Å². The van der Waals surface area contributed by atoms with Gasteiger partial charge in [-0.2, -0.15) is 5.26 Å². The normalized spacial score (nSPS) is 25.9. The molecule has 0 aromatic heterocycles. The van der Waals surface area contributed by atoms with Crippen LogP contribution in [0.4, 0.5) is 10.1 Å². The van der Waals surface area contributed by atoms with Crippen LogP contribution in [0.5, 0.6) is 0 Å². The second kappa shape index (κ2) is 11.3. The van der Waals surface area contributed by atoms with E-state index in [0.717, 1.165) is 25.7 Å². The Bertz CT molecular complexity index is 827. The third kappa shape index (κ3) is 5.54. The van der Waals surface area contributed by atoms with Crippen molar-refractivity contribution in [1.82, 2.24) is 5.32 Å². The highest BCUT2D eigenvalue weighted by atomic mass is 35.5. The van der Waals surface area contributed by atoms with E-state index < -0.39 is 23.9 Å². The Balaban J connectivity index is 1.91. The molecule has 1 aliphatic carbocycles. The number of halogens is 2. The molecule has 2 aliphatic rings. The number of benzene rings is 1. The van der Waals surface area contributed by atoms with Crippen LogP contribution in [0.25, 0.3) is 0 Å². The van der Waals surface area contributed by atoms with E-state index in [4.69, 9.17) is 16.7 Å². The van der Waals surface area contributed by atoms with E-state index in [9.17, 15) is 15.2 Å². The lowest BCUT2D eigenvalue weighted by Crippen LogP contribution is -2.50. The van der Waals surface area contributed by atoms with Crippen LogP contribution in [0.15, 0.2) is 18.2 Å². The zero-order chi connectivity index (χ0) is 23.3. The summed E-state index contributed by atoms with van der Waals surface area (Å²) in [5.41, 5.74) is 0.287. The van der Waals surface area contributed by atoms with E-state index in [2.05, 4.69) is 18.3 Å². The van der Waals surface area contributed by atoms with Gasteiger partial charge in [0, 0.05) is 17.6 Å². The van der Waals surface area contributed by atoms with E-state index in [0.29, 0.717) is 12.3 Å². The first-order valence-corrected chi connectivity index (χ1v) is 11.9. The number of hydrogen-bond acceptors (Lipinski definition) is 5. The number of anilines is 1. The maximum absolute atomic E-state index is 15.1. The van der Waals surface area contributed by atoms with Gasteiger partial charge >= 0.3 is 0 Å². The standard InChI is InChI=1S/C24H33ClFN3O3/c1-15(16-5-3-2-4-6-16)23-17(13-27)11-22(24(32)28-10-9-19(31)14-30)29(23)21-8-7-18(25)12-20(21)26/h7-8,12,15-17,19,22-23,30-31H,2-6,9-11,14H2,1H3,(H,28,32)/t15?,17?,19-,22?,23?/m0/s1. The summed E-state index contributed by atoms with van der Waals surface area (Å²) >= 11 is 5.98. The van der Waals surface area contributed by atoms with Gasteiger partial charge in [0.05, 0.1) is 30.4 Å². The Morgan fingerprint density at radius 1 is 1.38 bits per heavy atom. The summed E-state index contributed by atoms with van der Waals surface area (Å²) in [6.45, 7) is 1.94. The van der Waals surface area contributed by atoms with E-state index in [1.54, 1.807) is 17.0 Å². The van der Waals surface area contributed by atoms with E-state index in [1.807, 2.05) is 0 Å². The number of amides is 1. The molecule has 176 valence electrons. The lowest BCUT2D eigenvalue weighted by atomic mass is 9.75. The SMILES string of the molecule is CC(C1CCCCC1)C1C(C#N)CC(C(=O)NCC[C@H](O)CO)N1c1ccc(Cl)cc1F. The molecule has 3 N–H and O–H groups in total. The second-order valence-electron chi connectivity index (χ2n) is 9.15. The van der Waals surface area contributed by atoms with Gasteiger partial charge in [0.25, 0.3) is 0 Å². The number of carbonyl (C=O) groups is 1. The van der Waals surface area contributed by atoms with Crippen LogP contribution in [0.2, 0.25) is 5.02 Å². The van der Waals surface area contributed by atoms with Gasteiger partial charge in [0.2, 0.25) is 5.91 Å². The van der Waals surface area contributed by atoms with E-state index in [1.165, 1.54) is 12.5 Å². The molecule has 32 heavy (non-hydrogen) atoms. The molecule has 5 atom stereocenters. The van der Waals surface area contributed by atoms with Crippen LogP contribution >= 0.6 is 11.6 Å². The highest BCUT2D eigenvalue weighted by molar-refractivity contribution is 6.30. The number of hydrogen-bond donors (Lipinski definition) is 3. The molecule has 3 rings (SSSR count). The second-order valence-corrected chi connectivity index (χ2v) is 9.59. The minimum Gasteiger partial charge on any atom is -0.394 e. The fraction of sp³-hybridized carbons (Fsp3) is 0.667. The molecule has 1 aromatic rings. The van der Waals surface area contributed by atoms with Crippen molar-refractivity contribution in [2.75, 3.05) is 18.1 Å². The lowest BCUT2D eigenvalue weighted by molar-refractivity contribution is -0.122. The number of aliphatic hydroxyl groups excluding tert-OH is 2. The zero-order valence-electron chi connectivity index (χ0n) is 18.5. The number of aliphatic hydroxyl groups is 2. The van der Waals surface area contributed by atoms with Crippen molar-refractivity contribution in [1.29, 1.82) is 5.26 Å². The molecule has 0 spiro atoms. The molecule has 0 radical (unpaired) electrons. The Morgan fingerprint density at radius 3 is 2.72 bits per heavy atom. The largest absolute Gasteiger partial charge is 0.394 e. The van der Waals surface area contributed by atoms with Gasteiger partial charge in [0.1, 0.15) is 11.9 Å². The summed E-state index contributed by atoms with van der Waals surface area (Å²) in [6, 6.07) is 5.85. The maximum Gasteiger partial charge on any atom is 0.242 e. The van der Waals surface area contributed by atoms with Gasteiger partial charge in [-0.3, -0.25) is 4.79 Å². The minimum atomic E-state index is -0.908. The summed E-state index contributed by atoms with van der Waals surface area (Å²) in [5.74, 6) is -0.651. The number of nitriles is 1. The van der Waals surface area contributed by atoms with Crippen LogP contribution < -0.4 is 10.2 Å². The molecule has 1 amide bonds. The van der Waals surface area contributed by atoms with Crippen LogP contribution in [0.1, 0.15) is 51.9 Å². The Labute approximate surface area is 194 Å². The van der Waals surface area contributed by atoms with Crippen molar-refractivity contribution in [2.45, 2.75) is 70.1 Å². The molecular formula is C24H33ClFN3O3. The number of carbonyl (C=O) groups excluding carboxylic acids is 1. The van der Waals surface area contributed by atoms with Gasteiger partial charge in [0.15, 0.2) is 0 Å². The summed E-state index contributed by atoms with van der Waals surface area (Å²) in [7, 11) is 0. The molecular weight excluding hydrogens is 433 g/mol.